The number of benzene rings is 1. The molecule has 2 rings (SSSR count). The molecule has 1 aromatic carbocycles. The summed E-state index contributed by atoms with van der Waals surface area (Å²) in [6, 6.07) is 4.55. The third-order valence-electron chi connectivity index (χ3n) is 2.64. The highest BCUT2D eigenvalue weighted by atomic mass is 16.6. The first kappa shape index (κ1) is 12.9. The molecule has 2 aromatic rings. The molecule has 7 nitrogen and oxygen atoms in total. The van der Waals surface area contributed by atoms with Crippen molar-refractivity contribution in [1.82, 2.24) is 9.78 Å². The Morgan fingerprint density at radius 1 is 1.53 bits per heavy atom. The first-order valence-corrected chi connectivity index (χ1v) is 5.76. The zero-order valence-corrected chi connectivity index (χ0v) is 10.7. The normalized spacial score (nSPS) is 10.2. The maximum Gasteiger partial charge on any atom is 0.292 e. The van der Waals surface area contributed by atoms with E-state index in [0.717, 1.165) is 6.54 Å². The van der Waals surface area contributed by atoms with E-state index in [9.17, 15) is 10.1 Å². The van der Waals surface area contributed by atoms with Crippen LogP contribution in [0.25, 0.3) is 0 Å². The van der Waals surface area contributed by atoms with E-state index < -0.39 is 4.92 Å². The second-order valence-electron chi connectivity index (χ2n) is 3.85. The van der Waals surface area contributed by atoms with E-state index in [1.807, 2.05) is 6.92 Å². The summed E-state index contributed by atoms with van der Waals surface area (Å²) in [5, 5.41) is 18.1. The van der Waals surface area contributed by atoms with E-state index in [0.29, 0.717) is 17.1 Å². The molecule has 0 amide bonds. The molecule has 1 aromatic heterocycles. The van der Waals surface area contributed by atoms with Crippen LogP contribution in [0.3, 0.4) is 0 Å². The van der Waals surface area contributed by atoms with Gasteiger partial charge in [0, 0.05) is 24.9 Å². The molecule has 0 aliphatic heterocycles. The average Bonchev–Trinajstić information content (AvgIpc) is 2.86. The SMILES string of the molecule is CCn1cc(Nc2cc(OC)ccc2[N+](=O)[O-])cn1. The van der Waals surface area contributed by atoms with Crippen LogP contribution in [0.1, 0.15) is 6.92 Å². The lowest BCUT2D eigenvalue weighted by atomic mass is 10.2. The zero-order valence-electron chi connectivity index (χ0n) is 10.7. The van der Waals surface area contributed by atoms with Crippen LogP contribution >= 0.6 is 0 Å². The highest BCUT2D eigenvalue weighted by Crippen LogP contribution is 2.31. The Morgan fingerprint density at radius 3 is 2.89 bits per heavy atom. The number of nitrogens with zero attached hydrogens (tertiary/aromatic N) is 3. The van der Waals surface area contributed by atoms with E-state index in [2.05, 4.69) is 10.4 Å². The molecule has 100 valence electrons. The summed E-state index contributed by atoms with van der Waals surface area (Å²) >= 11 is 0. The second kappa shape index (κ2) is 5.38. The molecule has 0 atom stereocenters. The summed E-state index contributed by atoms with van der Waals surface area (Å²) in [4.78, 5) is 10.5. The Labute approximate surface area is 110 Å². The average molecular weight is 262 g/mol. The number of ether oxygens (including phenoxy) is 1. The van der Waals surface area contributed by atoms with E-state index in [1.54, 1.807) is 29.2 Å². The number of aryl methyl sites for hydroxylation is 1. The molecule has 0 saturated heterocycles. The van der Waals surface area contributed by atoms with Gasteiger partial charge in [0.15, 0.2) is 0 Å². The van der Waals surface area contributed by atoms with Crippen LogP contribution in [0.2, 0.25) is 0 Å². The van der Waals surface area contributed by atoms with Gasteiger partial charge in [-0.1, -0.05) is 0 Å². The van der Waals surface area contributed by atoms with Crippen molar-refractivity contribution in [3.63, 3.8) is 0 Å². The molecular weight excluding hydrogens is 248 g/mol. The summed E-state index contributed by atoms with van der Waals surface area (Å²) in [5.41, 5.74) is 1.06. The number of methoxy groups -OCH3 is 1. The minimum atomic E-state index is -0.438. The van der Waals surface area contributed by atoms with Crippen LogP contribution < -0.4 is 10.1 Å². The molecule has 0 saturated carbocycles. The van der Waals surface area contributed by atoms with Gasteiger partial charge in [0.2, 0.25) is 0 Å². The van der Waals surface area contributed by atoms with Crippen molar-refractivity contribution in [2.75, 3.05) is 12.4 Å². The second-order valence-corrected chi connectivity index (χ2v) is 3.85. The van der Waals surface area contributed by atoms with Gasteiger partial charge < -0.3 is 10.1 Å². The van der Waals surface area contributed by atoms with Crippen molar-refractivity contribution in [2.24, 2.45) is 0 Å². The topological polar surface area (TPSA) is 82.2 Å². The fourth-order valence-corrected chi connectivity index (χ4v) is 1.66. The van der Waals surface area contributed by atoms with Crippen molar-refractivity contribution in [1.29, 1.82) is 0 Å². The fraction of sp³-hybridized carbons (Fsp3) is 0.250. The monoisotopic (exact) mass is 262 g/mol. The Kier molecular flexibility index (Phi) is 3.65. The van der Waals surface area contributed by atoms with Crippen molar-refractivity contribution >= 4 is 17.1 Å². The lowest BCUT2D eigenvalue weighted by Crippen LogP contribution is -1.97. The third kappa shape index (κ3) is 2.82. The largest absolute Gasteiger partial charge is 0.497 e. The number of anilines is 2. The van der Waals surface area contributed by atoms with Gasteiger partial charge in [0.05, 0.1) is 23.9 Å². The molecular formula is C12H14N4O3. The van der Waals surface area contributed by atoms with Crippen molar-refractivity contribution in [3.05, 3.63) is 40.7 Å². The highest BCUT2D eigenvalue weighted by molar-refractivity contribution is 5.70. The summed E-state index contributed by atoms with van der Waals surface area (Å²) in [5.74, 6) is 0.552. The van der Waals surface area contributed by atoms with Gasteiger partial charge in [-0.25, -0.2) is 0 Å². The quantitative estimate of drug-likeness (QED) is 0.661. The van der Waals surface area contributed by atoms with E-state index in [-0.39, 0.29) is 5.69 Å². The van der Waals surface area contributed by atoms with Gasteiger partial charge in [-0.15, -0.1) is 0 Å². The standard InChI is InChI=1S/C12H14N4O3/c1-3-15-8-9(7-13-15)14-11-6-10(19-2)4-5-12(11)16(17)18/h4-8,14H,3H2,1-2H3. The summed E-state index contributed by atoms with van der Waals surface area (Å²) in [7, 11) is 1.51. The van der Waals surface area contributed by atoms with Gasteiger partial charge in [0.25, 0.3) is 5.69 Å². The molecule has 0 spiro atoms. The molecule has 19 heavy (non-hydrogen) atoms. The number of hydrogen-bond acceptors (Lipinski definition) is 5. The van der Waals surface area contributed by atoms with Crippen LogP contribution in [0.4, 0.5) is 17.1 Å². The molecule has 1 heterocycles. The molecule has 1 N–H and O–H groups in total. The Morgan fingerprint density at radius 2 is 2.32 bits per heavy atom. The molecule has 0 fully saturated rings. The smallest absolute Gasteiger partial charge is 0.292 e. The number of nitrogens with one attached hydrogen (secondary N) is 1. The first-order valence-electron chi connectivity index (χ1n) is 5.76. The fourth-order valence-electron chi connectivity index (χ4n) is 1.66. The van der Waals surface area contributed by atoms with Gasteiger partial charge in [-0.2, -0.15) is 5.10 Å². The van der Waals surface area contributed by atoms with Crippen molar-refractivity contribution < 1.29 is 9.66 Å². The Balaban J connectivity index is 2.33. The zero-order chi connectivity index (χ0) is 13.8. The molecule has 0 aliphatic rings. The van der Waals surface area contributed by atoms with Crippen LogP contribution in [-0.2, 0) is 6.54 Å². The van der Waals surface area contributed by atoms with E-state index >= 15 is 0 Å². The maximum atomic E-state index is 11.0. The minimum absolute atomic E-state index is 0.00921. The summed E-state index contributed by atoms with van der Waals surface area (Å²) < 4.78 is 6.80. The maximum absolute atomic E-state index is 11.0. The van der Waals surface area contributed by atoms with Crippen molar-refractivity contribution in [3.8, 4) is 5.75 Å². The van der Waals surface area contributed by atoms with Crippen LogP contribution in [0, 0.1) is 10.1 Å². The molecule has 0 aliphatic carbocycles. The lowest BCUT2D eigenvalue weighted by molar-refractivity contribution is -0.383. The summed E-state index contributed by atoms with van der Waals surface area (Å²) in [6.07, 6.45) is 3.40. The van der Waals surface area contributed by atoms with Gasteiger partial charge >= 0.3 is 0 Å². The molecule has 0 bridgehead atoms. The van der Waals surface area contributed by atoms with Crippen molar-refractivity contribution in [2.45, 2.75) is 13.5 Å². The highest BCUT2D eigenvalue weighted by Gasteiger charge is 2.15. The summed E-state index contributed by atoms with van der Waals surface area (Å²) in [6.45, 7) is 2.70. The number of aromatic nitrogens is 2. The van der Waals surface area contributed by atoms with Gasteiger partial charge in [-0.05, 0) is 13.0 Å². The predicted octanol–water partition coefficient (Wildman–Crippen LogP) is 2.56. The van der Waals surface area contributed by atoms with Crippen LogP contribution in [-0.4, -0.2) is 21.8 Å². The molecule has 7 heteroatoms. The Bertz CT molecular complexity index is 594. The Hall–Kier alpha value is -2.57. The first-order chi connectivity index (χ1) is 9.13. The minimum Gasteiger partial charge on any atom is -0.497 e. The van der Waals surface area contributed by atoms with Crippen LogP contribution in [0.15, 0.2) is 30.6 Å². The lowest BCUT2D eigenvalue weighted by Gasteiger charge is -2.06. The molecule has 0 unspecified atom stereocenters. The van der Waals surface area contributed by atoms with Gasteiger partial charge in [0.1, 0.15) is 11.4 Å². The van der Waals surface area contributed by atoms with Gasteiger partial charge in [-0.3, -0.25) is 14.8 Å². The number of hydrogen-bond donors (Lipinski definition) is 1. The van der Waals surface area contributed by atoms with Crippen LogP contribution in [0.5, 0.6) is 5.75 Å². The number of rotatable bonds is 5. The third-order valence-corrected chi connectivity index (χ3v) is 2.64. The van der Waals surface area contributed by atoms with E-state index in [1.165, 1.54) is 13.2 Å². The number of nitro groups is 1. The predicted molar refractivity (Wildman–Crippen MR) is 70.8 cm³/mol. The number of nitro benzene ring substituents is 1. The van der Waals surface area contributed by atoms with E-state index in [4.69, 9.17) is 4.74 Å². The molecule has 0 radical (unpaired) electrons.